The van der Waals surface area contributed by atoms with Gasteiger partial charge in [-0.15, -0.1) is 0 Å². The Bertz CT molecular complexity index is 833. The van der Waals surface area contributed by atoms with Gasteiger partial charge in [0.05, 0.1) is 19.9 Å². The highest BCUT2D eigenvalue weighted by molar-refractivity contribution is 7.71. The second kappa shape index (κ2) is 7.03. The first-order valence-corrected chi connectivity index (χ1v) is 8.21. The summed E-state index contributed by atoms with van der Waals surface area (Å²) >= 11 is 5.42. The Labute approximate surface area is 149 Å². The van der Waals surface area contributed by atoms with Gasteiger partial charge in [-0.05, 0) is 36.5 Å². The van der Waals surface area contributed by atoms with Gasteiger partial charge in [0.15, 0.2) is 10.6 Å². The Balaban J connectivity index is 1.88. The first-order chi connectivity index (χ1) is 11.9. The van der Waals surface area contributed by atoms with Crippen molar-refractivity contribution in [2.45, 2.75) is 25.2 Å². The number of aliphatic hydroxyl groups is 1. The first kappa shape index (κ1) is 17.7. The van der Waals surface area contributed by atoms with Gasteiger partial charge in [0.2, 0.25) is 0 Å². The van der Waals surface area contributed by atoms with Crippen molar-refractivity contribution in [2.75, 3.05) is 13.7 Å². The van der Waals surface area contributed by atoms with Gasteiger partial charge in [0.25, 0.3) is 0 Å². The molecule has 1 aromatic carbocycles. The monoisotopic (exact) mass is 366 g/mol. The number of methoxy groups -OCH3 is 1. The molecule has 0 saturated carbocycles. The number of hydrogen-bond donors (Lipinski definition) is 1. The molecular weight excluding hydrogens is 347 g/mol. The maximum Gasteiger partial charge on any atom is 0.323 e. The number of benzene rings is 1. The van der Waals surface area contributed by atoms with Crippen LogP contribution < -0.4 is 0 Å². The molecule has 0 spiro atoms. The molecule has 1 aromatic heterocycles. The van der Waals surface area contributed by atoms with Crippen molar-refractivity contribution in [1.82, 2.24) is 19.2 Å². The quantitative estimate of drug-likeness (QED) is 0.650. The lowest BCUT2D eigenvalue weighted by Crippen LogP contribution is -2.38. The fourth-order valence-electron chi connectivity index (χ4n) is 3.02. The van der Waals surface area contributed by atoms with E-state index in [-0.39, 0.29) is 12.5 Å². The average molecular weight is 366 g/mol. The van der Waals surface area contributed by atoms with Crippen LogP contribution in [0.5, 0.6) is 0 Å². The number of aromatic nitrogens is 3. The molecule has 25 heavy (non-hydrogen) atoms. The van der Waals surface area contributed by atoms with Crippen LogP contribution in [-0.2, 0) is 23.2 Å². The molecule has 1 aliphatic rings. The number of halogens is 1. The van der Waals surface area contributed by atoms with Gasteiger partial charge in [0, 0.05) is 25.6 Å². The van der Waals surface area contributed by atoms with Gasteiger partial charge in [0.1, 0.15) is 11.9 Å². The van der Waals surface area contributed by atoms with Crippen molar-refractivity contribution in [1.29, 1.82) is 0 Å². The summed E-state index contributed by atoms with van der Waals surface area (Å²) in [7, 11) is 3.10. The van der Waals surface area contributed by atoms with Crippen molar-refractivity contribution in [2.24, 2.45) is 7.05 Å². The van der Waals surface area contributed by atoms with Crippen LogP contribution in [0.4, 0.5) is 4.39 Å². The van der Waals surface area contributed by atoms with Crippen LogP contribution in [0.2, 0.25) is 0 Å². The number of likely N-dealkylation sites (tertiary alicyclic amines) is 1. The first-order valence-electron chi connectivity index (χ1n) is 7.80. The fraction of sp³-hybridized carbons (Fsp3) is 0.438. The topological polar surface area (TPSA) is 72.5 Å². The van der Waals surface area contributed by atoms with Crippen molar-refractivity contribution in [3.05, 3.63) is 34.9 Å². The molecule has 0 unspecified atom stereocenters. The Morgan fingerprint density at radius 1 is 1.44 bits per heavy atom. The third kappa shape index (κ3) is 3.48. The molecule has 9 heteroatoms. The van der Waals surface area contributed by atoms with Gasteiger partial charge >= 0.3 is 5.97 Å². The number of carbonyl (C=O) groups is 1. The lowest BCUT2D eigenvalue weighted by Gasteiger charge is -2.21. The molecule has 0 aliphatic carbocycles. The molecule has 2 aromatic rings. The van der Waals surface area contributed by atoms with Gasteiger partial charge in [-0.3, -0.25) is 9.69 Å². The van der Waals surface area contributed by atoms with Crippen LogP contribution >= 0.6 is 12.2 Å². The molecule has 2 atom stereocenters. The van der Waals surface area contributed by atoms with Crippen molar-refractivity contribution < 1.29 is 19.0 Å². The Morgan fingerprint density at radius 3 is 2.76 bits per heavy atom. The number of carbonyl (C=O) groups excluding carboxylic acids is 1. The number of ether oxygens (including phenoxy) is 1. The molecule has 0 bridgehead atoms. The van der Waals surface area contributed by atoms with E-state index in [0.717, 1.165) is 5.56 Å². The minimum atomic E-state index is -0.599. The highest BCUT2D eigenvalue weighted by Crippen LogP contribution is 2.22. The highest BCUT2D eigenvalue weighted by atomic mass is 32.1. The standard InChI is InChI=1S/C16H19FN4O3S/c1-19-14(10-3-5-11(17)6-4-10)18-21(16(19)25)9-20-8-12(22)7-13(20)15(23)24-2/h3-6,12-13,22H,7-9H2,1-2H3/t12-,13+/m1/s1. The molecule has 0 radical (unpaired) electrons. The summed E-state index contributed by atoms with van der Waals surface area (Å²) < 4.78 is 21.7. The van der Waals surface area contributed by atoms with Gasteiger partial charge < -0.3 is 14.4 Å². The van der Waals surface area contributed by atoms with E-state index in [1.54, 1.807) is 33.3 Å². The molecule has 1 fully saturated rings. The van der Waals surface area contributed by atoms with Crippen LogP contribution in [0.25, 0.3) is 11.4 Å². The van der Waals surface area contributed by atoms with E-state index in [0.29, 0.717) is 23.6 Å². The predicted molar refractivity (Wildman–Crippen MR) is 90.6 cm³/mol. The Hall–Kier alpha value is -2.10. The summed E-state index contributed by atoms with van der Waals surface area (Å²) in [5.41, 5.74) is 0.736. The van der Waals surface area contributed by atoms with E-state index >= 15 is 0 Å². The van der Waals surface area contributed by atoms with Crippen LogP contribution in [-0.4, -0.2) is 56.1 Å². The molecule has 1 N–H and O–H groups in total. The average Bonchev–Trinajstić information content (AvgIpc) is 3.10. The number of rotatable bonds is 4. The minimum absolute atomic E-state index is 0.255. The fourth-order valence-corrected chi connectivity index (χ4v) is 3.20. The van der Waals surface area contributed by atoms with E-state index in [4.69, 9.17) is 17.0 Å². The summed E-state index contributed by atoms with van der Waals surface area (Å²) in [6.07, 6.45) is -0.281. The number of aliphatic hydroxyl groups excluding tert-OH is 1. The zero-order chi connectivity index (χ0) is 18.1. The third-order valence-corrected chi connectivity index (χ3v) is 4.80. The molecular formula is C16H19FN4O3S. The molecule has 0 amide bonds. The molecule has 1 saturated heterocycles. The summed E-state index contributed by atoms with van der Waals surface area (Å²) in [5.74, 6) is -0.117. The van der Waals surface area contributed by atoms with Crippen LogP contribution in [0.1, 0.15) is 6.42 Å². The SMILES string of the molecule is COC(=O)[C@@H]1C[C@@H](O)CN1Cn1nc(-c2ccc(F)cc2)n(C)c1=S. The number of nitrogens with zero attached hydrogens (tertiary/aromatic N) is 4. The third-order valence-electron chi connectivity index (χ3n) is 4.31. The van der Waals surface area contributed by atoms with Crippen LogP contribution in [0, 0.1) is 10.6 Å². The van der Waals surface area contributed by atoms with E-state index < -0.39 is 18.1 Å². The predicted octanol–water partition coefficient (Wildman–Crippen LogP) is 1.32. The van der Waals surface area contributed by atoms with E-state index in [1.807, 2.05) is 0 Å². The van der Waals surface area contributed by atoms with Gasteiger partial charge in [-0.1, -0.05) is 0 Å². The summed E-state index contributed by atoms with van der Waals surface area (Å²) in [4.78, 5) is 13.7. The highest BCUT2D eigenvalue weighted by Gasteiger charge is 2.37. The molecule has 1 aliphatic heterocycles. The summed E-state index contributed by atoms with van der Waals surface area (Å²) in [6, 6.07) is 5.46. The summed E-state index contributed by atoms with van der Waals surface area (Å²) in [5, 5.41) is 14.4. The number of hydrogen-bond acceptors (Lipinski definition) is 6. The lowest BCUT2D eigenvalue weighted by atomic mass is 10.2. The molecule has 134 valence electrons. The number of β-amino-alcohol motifs (C(OH)–C–C–N with tert-alkyl or cyclic N) is 1. The second-order valence-electron chi connectivity index (χ2n) is 6.01. The largest absolute Gasteiger partial charge is 0.468 e. The molecule has 7 nitrogen and oxygen atoms in total. The van der Waals surface area contributed by atoms with Crippen molar-refractivity contribution in [3.8, 4) is 11.4 Å². The van der Waals surface area contributed by atoms with E-state index in [2.05, 4.69) is 5.10 Å². The second-order valence-corrected chi connectivity index (χ2v) is 6.38. The van der Waals surface area contributed by atoms with E-state index in [1.165, 1.54) is 19.2 Å². The zero-order valence-electron chi connectivity index (χ0n) is 13.9. The Morgan fingerprint density at radius 2 is 2.12 bits per heavy atom. The maximum absolute atomic E-state index is 13.1. The van der Waals surface area contributed by atoms with Gasteiger partial charge in [-0.2, -0.15) is 5.10 Å². The maximum atomic E-state index is 13.1. The van der Waals surface area contributed by atoms with E-state index in [9.17, 15) is 14.3 Å². The Kier molecular flexibility index (Phi) is 4.98. The summed E-state index contributed by atoms with van der Waals surface area (Å²) in [6.45, 7) is 0.592. The number of esters is 1. The smallest absolute Gasteiger partial charge is 0.323 e. The molecule has 3 rings (SSSR count). The lowest BCUT2D eigenvalue weighted by molar-refractivity contribution is -0.146. The van der Waals surface area contributed by atoms with Gasteiger partial charge in [-0.25, -0.2) is 9.07 Å². The van der Waals surface area contributed by atoms with Crippen LogP contribution in [0.15, 0.2) is 24.3 Å². The normalized spacial score (nSPS) is 20.8. The van der Waals surface area contributed by atoms with Crippen LogP contribution in [0.3, 0.4) is 0 Å². The molecule has 2 heterocycles. The minimum Gasteiger partial charge on any atom is -0.468 e. The van der Waals surface area contributed by atoms with Crippen molar-refractivity contribution in [3.63, 3.8) is 0 Å². The zero-order valence-corrected chi connectivity index (χ0v) is 14.7. The van der Waals surface area contributed by atoms with Crippen molar-refractivity contribution >= 4 is 18.2 Å².